The van der Waals surface area contributed by atoms with Gasteiger partial charge in [-0.3, -0.25) is 9.78 Å². The molecule has 1 rings (SSSR count). The highest BCUT2D eigenvalue weighted by Crippen LogP contribution is 2.16. The summed E-state index contributed by atoms with van der Waals surface area (Å²) in [7, 11) is 3.44. The van der Waals surface area contributed by atoms with Gasteiger partial charge in [0.15, 0.2) is 0 Å². The van der Waals surface area contributed by atoms with Crippen LogP contribution in [-0.2, 0) is 4.79 Å². The molecule has 1 amide bonds. The van der Waals surface area contributed by atoms with Crippen LogP contribution in [0.4, 0.5) is 5.69 Å². The third kappa shape index (κ3) is 2.95. The van der Waals surface area contributed by atoms with Crippen molar-refractivity contribution >= 4 is 11.6 Å². The number of nitrogens with zero attached hydrogens (tertiary/aromatic N) is 3. The molecule has 0 saturated heterocycles. The van der Waals surface area contributed by atoms with Gasteiger partial charge < -0.3 is 10.2 Å². The third-order valence-corrected chi connectivity index (χ3v) is 2.28. The monoisotopic (exact) mass is 218 g/mol. The number of carbonyl (C=O) groups is 1. The largest absolute Gasteiger partial charge is 0.372 e. The number of amides is 1. The first kappa shape index (κ1) is 12.0. The first-order valence-electron chi connectivity index (χ1n) is 4.95. The van der Waals surface area contributed by atoms with Crippen molar-refractivity contribution in [2.75, 3.05) is 25.5 Å². The Balaban J connectivity index is 2.70. The van der Waals surface area contributed by atoms with Gasteiger partial charge in [0, 0.05) is 33.3 Å². The lowest BCUT2D eigenvalue weighted by molar-refractivity contribution is -0.120. The van der Waals surface area contributed by atoms with Crippen molar-refractivity contribution in [2.24, 2.45) is 0 Å². The first-order chi connectivity index (χ1) is 7.69. The zero-order chi connectivity index (χ0) is 12.0. The molecule has 1 N–H and O–H groups in total. The molecule has 1 aromatic heterocycles. The van der Waals surface area contributed by atoms with E-state index in [9.17, 15) is 4.79 Å². The standard InChI is InChI=1S/C11H14N4O/c1-13-11(16)4-6-15(2)10-8-14-5-3-9(10)7-12/h3,5,8H,4,6H2,1-2H3,(H,13,16). The number of aromatic nitrogens is 1. The topological polar surface area (TPSA) is 69.0 Å². The molecule has 0 aliphatic heterocycles. The van der Waals surface area contributed by atoms with Crippen LogP contribution in [-0.4, -0.2) is 31.5 Å². The Labute approximate surface area is 94.7 Å². The van der Waals surface area contributed by atoms with Gasteiger partial charge in [-0.25, -0.2) is 0 Å². The van der Waals surface area contributed by atoms with Gasteiger partial charge in [0.25, 0.3) is 0 Å². The van der Waals surface area contributed by atoms with Crippen LogP contribution in [0.1, 0.15) is 12.0 Å². The molecule has 0 fully saturated rings. The maximum absolute atomic E-state index is 11.1. The maximum Gasteiger partial charge on any atom is 0.221 e. The molecule has 0 saturated carbocycles. The molecule has 0 aromatic carbocycles. The summed E-state index contributed by atoms with van der Waals surface area (Å²) in [5.41, 5.74) is 1.31. The second kappa shape index (κ2) is 5.71. The first-order valence-corrected chi connectivity index (χ1v) is 4.95. The second-order valence-electron chi connectivity index (χ2n) is 3.35. The minimum atomic E-state index is -0.0192. The average molecular weight is 218 g/mol. The number of carbonyl (C=O) groups excluding carboxylic acids is 1. The Bertz CT molecular complexity index is 411. The summed E-state index contributed by atoms with van der Waals surface area (Å²) in [6, 6.07) is 3.75. The average Bonchev–Trinajstić information content (AvgIpc) is 2.35. The molecule has 16 heavy (non-hydrogen) atoms. The van der Waals surface area contributed by atoms with E-state index in [1.54, 1.807) is 25.5 Å². The summed E-state index contributed by atoms with van der Waals surface area (Å²) >= 11 is 0. The molecular weight excluding hydrogens is 204 g/mol. The molecule has 0 bridgehead atoms. The fourth-order valence-electron chi connectivity index (χ4n) is 1.30. The lowest BCUT2D eigenvalue weighted by atomic mass is 10.2. The van der Waals surface area contributed by atoms with Gasteiger partial charge in [-0.2, -0.15) is 5.26 Å². The SMILES string of the molecule is CNC(=O)CCN(C)c1cnccc1C#N. The maximum atomic E-state index is 11.1. The number of nitriles is 1. The van der Waals surface area contributed by atoms with Gasteiger partial charge in [-0.1, -0.05) is 0 Å². The molecule has 0 spiro atoms. The van der Waals surface area contributed by atoms with Gasteiger partial charge in [0.05, 0.1) is 17.4 Å². The van der Waals surface area contributed by atoms with Crippen LogP contribution in [0.2, 0.25) is 0 Å². The molecule has 0 aliphatic carbocycles. The molecule has 0 aliphatic rings. The number of anilines is 1. The van der Waals surface area contributed by atoms with Crippen LogP contribution in [0.15, 0.2) is 18.5 Å². The minimum Gasteiger partial charge on any atom is -0.372 e. The predicted molar refractivity (Wildman–Crippen MR) is 60.9 cm³/mol. The molecule has 1 heterocycles. The summed E-state index contributed by atoms with van der Waals surface area (Å²) in [6.07, 6.45) is 3.60. The van der Waals surface area contributed by atoms with E-state index < -0.39 is 0 Å². The Hall–Kier alpha value is -2.09. The summed E-state index contributed by atoms with van der Waals surface area (Å²) in [5, 5.41) is 11.5. The Morgan fingerprint density at radius 3 is 3.06 bits per heavy atom. The fourth-order valence-corrected chi connectivity index (χ4v) is 1.30. The number of pyridine rings is 1. The molecule has 0 unspecified atom stereocenters. The molecule has 1 aromatic rings. The van der Waals surface area contributed by atoms with E-state index in [0.717, 1.165) is 5.69 Å². The van der Waals surface area contributed by atoms with Crippen LogP contribution in [0.25, 0.3) is 0 Å². The van der Waals surface area contributed by atoms with E-state index in [2.05, 4.69) is 16.4 Å². The number of hydrogen-bond donors (Lipinski definition) is 1. The summed E-state index contributed by atoms with van der Waals surface area (Å²) in [6.45, 7) is 0.556. The van der Waals surface area contributed by atoms with Crippen LogP contribution in [0, 0.1) is 11.3 Å². The van der Waals surface area contributed by atoms with E-state index in [0.29, 0.717) is 18.5 Å². The van der Waals surface area contributed by atoms with Crippen molar-refractivity contribution in [1.82, 2.24) is 10.3 Å². The zero-order valence-electron chi connectivity index (χ0n) is 9.40. The molecule has 84 valence electrons. The van der Waals surface area contributed by atoms with E-state index in [-0.39, 0.29) is 5.91 Å². The van der Waals surface area contributed by atoms with Crippen molar-refractivity contribution in [3.05, 3.63) is 24.0 Å². The Morgan fingerprint density at radius 2 is 2.44 bits per heavy atom. The Morgan fingerprint density at radius 1 is 1.69 bits per heavy atom. The van der Waals surface area contributed by atoms with Gasteiger partial charge in [0.2, 0.25) is 5.91 Å². The number of nitrogens with one attached hydrogen (secondary N) is 1. The molecule has 5 heteroatoms. The molecule has 5 nitrogen and oxygen atoms in total. The normalized spacial score (nSPS) is 9.31. The number of hydrogen-bond acceptors (Lipinski definition) is 4. The van der Waals surface area contributed by atoms with Crippen molar-refractivity contribution in [2.45, 2.75) is 6.42 Å². The lowest BCUT2D eigenvalue weighted by Crippen LogP contribution is -2.26. The van der Waals surface area contributed by atoms with Crippen molar-refractivity contribution < 1.29 is 4.79 Å². The Kier molecular flexibility index (Phi) is 4.28. The summed E-state index contributed by atoms with van der Waals surface area (Å²) in [4.78, 5) is 16.9. The van der Waals surface area contributed by atoms with Gasteiger partial charge >= 0.3 is 0 Å². The highest BCUT2D eigenvalue weighted by molar-refractivity contribution is 5.76. The highest BCUT2D eigenvalue weighted by atomic mass is 16.1. The van der Waals surface area contributed by atoms with Crippen molar-refractivity contribution in [3.8, 4) is 6.07 Å². The fraction of sp³-hybridized carbons (Fsp3) is 0.364. The summed E-state index contributed by atoms with van der Waals surface area (Å²) in [5.74, 6) is -0.0192. The second-order valence-corrected chi connectivity index (χ2v) is 3.35. The van der Waals surface area contributed by atoms with E-state index in [4.69, 9.17) is 5.26 Å². The summed E-state index contributed by atoms with van der Waals surface area (Å²) < 4.78 is 0. The van der Waals surface area contributed by atoms with Crippen molar-refractivity contribution in [1.29, 1.82) is 5.26 Å². The zero-order valence-corrected chi connectivity index (χ0v) is 9.40. The number of rotatable bonds is 4. The minimum absolute atomic E-state index is 0.0192. The quantitative estimate of drug-likeness (QED) is 0.800. The highest BCUT2D eigenvalue weighted by Gasteiger charge is 2.08. The van der Waals surface area contributed by atoms with E-state index in [1.165, 1.54) is 0 Å². The van der Waals surface area contributed by atoms with Crippen LogP contribution < -0.4 is 10.2 Å². The van der Waals surface area contributed by atoms with Gasteiger partial charge in [-0.15, -0.1) is 0 Å². The lowest BCUT2D eigenvalue weighted by Gasteiger charge is -2.19. The van der Waals surface area contributed by atoms with E-state index >= 15 is 0 Å². The van der Waals surface area contributed by atoms with Gasteiger partial charge in [0.1, 0.15) is 6.07 Å². The predicted octanol–water partition coefficient (Wildman–Crippen LogP) is 0.526. The smallest absolute Gasteiger partial charge is 0.221 e. The van der Waals surface area contributed by atoms with Crippen LogP contribution in [0.3, 0.4) is 0 Å². The molecule has 0 radical (unpaired) electrons. The molecule has 0 atom stereocenters. The molecular formula is C11H14N4O. The van der Waals surface area contributed by atoms with Gasteiger partial charge in [-0.05, 0) is 6.07 Å². The third-order valence-electron chi connectivity index (χ3n) is 2.28. The van der Waals surface area contributed by atoms with Crippen molar-refractivity contribution in [3.63, 3.8) is 0 Å². The van der Waals surface area contributed by atoms with Crippen LogP contribution >= 0.6 is 0 Å². The van der Waals surface area contributed by atoms with Crippen LogP contribution in [0.5, 0.6) is 0 Å². The van der Waals surface area contributed by atoms with E-state index in [1.807, 2.05) is 11.9 Å².